The summed E-state index contributed by atoms with van der Waals surface area (Å²) in [5.74, 6) is -4.96. The molecule has 0 radical (unpaired) electrons. The third kappa shape index (κ3) is 25.0. The van der Waals surface area contributed by atoms with Crippen molar-refractivity contribution >= 4 is 77.8 Å². The number of carbonyl (C=O) groups is 6. The summed E-state index contributed by atoms with van der Waals surface area (Å²) in [6.45, 7) is 12.7. The van der Waals surface area contributed by atoms with Gasteiger partial charge in [0.05, 0.1) is 45.8 Å². The first kappa shape index (κ1) is 87.3. The van der Waals surface area contributed by atoms with Crippen LogP contribution in [-0.2, 0) is 99.2 Å². The molecule has 6 heterocycles. The summed E-state index contributed by atoms with van der Waals surface area (Å²) in [6, 6.07) is 51.3. The van der Waals surface area contributed by atoms with Gasteiger partial charge in [-0.05, 0) is 124 Å². The number of carbonyl (C=O) groups excluding carboxylic acids is 6. The second-order valence-electron chi connectivity index (χ2n) is 27.1. The first-order valence-corrected chi connectivity index (χ1v) is 41.8. The number of esters is 6. The van der Waals surface area contributed by atoms with Gasteiger partial charge in [0.2, 0.25) is 0 Å². The Bertz CT molecular complexity index is 3710. The summed E-state index contributed by atoms with van der Waals surface area (Å²) in [5, 5.41) is 0. The molecule has 20 nitrogen and oxygen atoms in total. The van der Waals surface area contributed by atoms with Gasteiger partial charge in [0, 0.05) is 37.1 Å². The number of ether oxygens (including phenoxy) is 8. The molecule has 6 aliphatic heterocycles. The molecular weight excluding hydrogens is 1510 g/mol. The number of rotatable bonds is 32. The fourth-order valence-corrected chi connectivity index (χ4v) is 19.2. The van der Waals surface area contributed by atoms with Crippen molar-refractivity contribution in [2.45, 2.75) is 248 Å². The minimum atomic E-state index is -4.68. The molecule has 6 aromatic carbocycles. The molecular formula is C80H96BrNaO20S4. The summed E-state index contributed by atoms with van der Waals surface area (Å²) < 4.78 is 105. The molecule has 0 aromatic heterocycles. The first-order valence-electron chi connectivity index (χ1n) is 36.2. The zero-order valence-corrected chi connectivity index (χ0v) is 68.2. The molecule has 106 heavy (non-hydrogen) atoms. The molecule has 0 saturated carbocycles. The van der Waals surface area contributed by atoms with E-state index in [-0.39, 0.29) is 104 Å². The Balaban J connectivity index is 0.000000204. The van der Waals surface area contributed by atoms with Crippen molar-refractivity contribution in [2.24, 2.45) is 11.8 Å². The van der Waals surface area contributed by atoms with Crippen molar-refractivity contribution in [3.05, 3.63) is 168 Å². The molecule has 0 aliphatic carbocycles. The molecule has 0 N–H and O–H groups in total. The van der Waals surface area contributed by atoms with E-state index in [1.807, 2.05) is 27.7 Å². The van der Waals surface area contributed by atoms with E-state index in [2.05, 4.69) is 159 Å². The molecule has 6 aliphatic rings. The Morgan fingerprint density at radius 3 is 0.962 bits per heavy atom. The fourth-order valence-electron chi connectivity index (χ4n) is 14.0. The van der Waals surface area contributed by atoms with Gasteiger partial charge in [-0.1, -0.05) is 177 Å². The minimum absolute atomic E-state index is 0. The molecule has 6 saturated heterocycles. The average Bonchev–Trinajstić information content (AvgIpc) is 1.58. The Hall–Kier alpha value is -5.94. The van der Waals surface area contributed by atoms with Crippen LogP contribution in [0.1, 0.15) is 165 Å². The Labute approximate surface area is 662 Å². The SMILES string of the molecule is CCCCCCCCCCC(=O)Oc1c(C)cc([S+](c2ccccc2)c2ccccc2)cc1C.CCCCCCCCCCC(=O)Oc1c(C)cc([S+](c2ccccc2)c2ccccc2)cc1C.O=C(CS(=O)(=O)[O-])OC1C2CC3C(=O)OC1C3O2.O=C(CS(=O)(=O)[O-])OC1C2CC3C(=O)OC1C3O2.[Br-].[Na+]. The van der Waals surface area contributed by atoms with E-state index < -0.39 is 92.5 Å². The molecule has 6 aromatic rings. The zero-order chi connectivity index (χ0) is 74.5. The topological polar surface area (TPSA) is 291 Å². The van der Waals surface area contributed by atoms with Crippen LogP contribution in [0.3, 0.4) is 0 Å². The van der Waals surface area contributed by atoms with Gasteiger partial charge < -0.3 is 64.0 Å². The quantitative estimate of drug-likeness (QED) is 0.00735. The van der Waals surface area contributed by atoms with Crippen LogP contribution in [0.2, 0.25) is 0 Å². The number of hydrogen-bond acceptors (Lipinski definition) is 20. The van der Waals surface area contributed by atoms with Gasteiger partial charge in [-0.2, -0.15) is 0 Å². The van der Waals surface area contributed by atoms with E-state index >= 15 is 0 Å². The van der Waals surface area contributed by atoms with Crippen molar-refractivity contribution in [2.75, 3.05) is 11.5 Å². The van der Waals surface area contributed by atoms with Crippen LogP contribution in [0.4, 0.5) is 0 Å². The predicted molar refractivity (Wildman–Crippen MR) is 390 cm³/mol. The molecule has 6 fully saturated rings. The number of benzene rings is 6. The maximum absolute atomic E-state index is 12.5. The van der Waals surface area contributed by atoms with E-state index in [1.165, 1.54) is 106 Å². The molecule has 0 amide bonds. The third-order valence-corrected chi connectivity index (χ3v) is 24.4. The van der Waals surface area contributed by atoms with Crippen LogP contribution in [0.15, 0.2) is 175 Å². The van der Waals surface area contributed by atoms with Crippen molar-refractivity contribution in [3.8, 4) is 11.5 Å². The Morgan fingerprint density at radius 2 is 0.689 bits per heavy atom. The Morgan fingerprint density at radius 1 is 0.415 bits per heavy atom. The van der Waals surface area contributed by atoms with Crippen LogP contribution in [0.5, 0.6) is 11.5 Å². The summed E-state index contributed by atoms with van der Waals surface area (Å²) in [7, 11) is -9.77. The van der Waals surface area contributed by atoms with Crippen LogP contribution >= 0.6 is 0 Å². The summed E-state index contributed by atoms with van der Waals surface area (Å²) in [4.78, 5) is 77.9. The van der Waals surface area contributed by atoms with Gasteiger partial charge in [-0.15, -0.1) is 0 Å². The smallest absolute Gasteiger partial charge is 1.00 e. The monoisotopic (exact) mass is 1610 g/mol. The van der Waals surface area contributed by atoms with Crippen molar-refractivity contribution < 1.29 is 139 Å². The number of hydrogen-bond donors (Lipinski definition) is 0. The van der Waals surface area contributed by atoms with Gasteiger partial charge in [-0.3, -0.25) is 28.8 Å². The summed E-state index contributed by atoms with van der Waals surface area (Å²) in [5.41, 5.74) is 4.07. The standard InChI is InChI=1S/2C31H39O2S.2C9H10O8S.BrH.Na/c2*1-4-5-6-7-8-9-10-17-22-30(32)33-31-25(2)23-29(24-26(31)3)34(27-18-13-11-14-19-27)28-20-15-12-16-21-28;2*10-5(2-18(12,13)14)16-7-4-1-3-6(15-4)8(7)17-9(3)11;;/h2*11-16,18-21,23-24H,4-10,17,22H2,1-3H3;2*3-4,6-8H,1-2H2,(H,12,13,14);1H;/q2*+1;;;;+1/p-3. The molecule has 0 spiro atoms. The molecule has 10 unspecified atom stereocenters. The summed E-state index contributed by atoms with van der Waals surface area (Å²) >= 11 is 0. The van der Waals surface area contributed by atoms with Crippen LogP contribution in [0.25, 0.3) is 0 Å². The minimum Gasteiger partial charge on any atom is -1.00 e. The molecule has 26 heteroatoms. The van der Waals surface area contributed by atoms with Gasteiger partial charge in [0.15, 0.2) is 53.8 Å². The van der Waals surface area contributed by atoms with Gasteiger partial charge in [0.1, 0.15) is 55.4 Å². The third-order valence-electron chi connectivity index (χ3n) is 18.8. The molecule has 568 valence electrons. The maximum Gasteiger partial charge on any atom is 1.00 e. The fraction of sp³-hybridized carbons (Fsp3) is 0.475. The van der Waals surface area contributed by atoms with E-state index in [4.69, 9.17) is 37.9 Å². The maximum atomic E-state index is 12.5. The zero-order valence-electron chi connectivity index (χ0n) is 61.4. The van der Waals surface area contributed by atoms with Crippen LogP contribution in [-0.4, -0.2) is 122 Å². The average molecular weight is 1610 g/mol. The first-order chi connectivity index (χ1) is 49.9. The molecule has 4 bridgehead atoms. The number of unbranched alkanes of at least 4 members (excludes halogenated alkanes) is 14. The van der Waals surface area contributed by atoms with Crippen LogP contribution in [0, 0.1) is 39.5 Å². The number of halogens is 1. The second kappa shape index (κ2) is 42.3. The second-order valence-corrected chi connectivity index (χ2v) is 34.0. The van der Waals surface area contributed by atoms with E-state index in [9.17, 15) is 54.7 Å². The number of fused-ring (bicyclic) bond motifs is 2. The van der Waals surface area contributed by atoms with Gasteiger partial charge in [0.25, 0.3) is 0 Å². The van der Waals surface area contributed by atoms with Gasteiger partial charge in [-0.25, -0.2) is 16.8 Å². The molecule has 12 rings (SSSR count). The summed E-state index contributed by atoms with van der Waals surface area (Å²) in [6.07, 6.45) is 16.6. The van der Waals surface area contributed by atoms with Crippen molar-refractivity contribution in [1.29, 1.82) is 0 Å². The van der Waals surface area contributed by atoms with Crippen molar-refractivity contribution in [3.63, 3.8) is 0 Å². The largest absolute Gasteiger partial charge is 1.00 e. The number of aryl methyl sites for hydroxylation is 4. The van der Waals surface area contributed by atoms with E-state index in [1.54, 1.807) is 0 Å². The van der Waals surface area contributed by atoms with Gasteiger partial charge >= 0.3 is 65.4 Å². The predicted octanol–water partition coefficient (Wildman–Crippen LogP) is 7.99. The normalized spacial score (nSPS) is 21.0. The van der Waals surface area contributed by atoms with E-state index in [0.717, 1.165) is 59.4 Å². The van der Waals surface area contributed by atoms with E-state index in [0.29, 0.717) is 25.7 Å². The Kier molecular flexibility index (Phi) is 34.8. The van der Waals surface area contributed by atoms with Crippen molar-refractivity contribution in [1.82, 2.24) is 0 Å². The van der Waals surface area contributed by atoms with Crippen LogP contribution < -0.4 is 56.0 Å². The molecule has 10 atom stereocenters.